The first-order valence-electron chi connectivity index (χ1n) is 4.08. The zero-order valence-electron chi connectivity index (χ0n) is 8.19. The third kappa shape index (κ3) is 3.01. The van der Waals surface area contributed by atoms with Crippen molar-refractivity contribution in [3.63, 3.8) is 0 Å². The van der Waals surface area contributed by atoms with Crippen molar-refractivity contribution in [2.45, 2.75) is 6.04 Å². The zero-order chi connectivity index (χ0) is 9.68. The minimum absolute atomic E-state index is 0. The Balaban J connectivity index is 0.00000169. The molecule has 14 heavy (non-hydrogen) atoms. The normalized spacial score (nSPS) is 11.3. The number of aldehydes is 1. The van der Waals surface area contributed by atoms with Gasteiger partial charge in [-0.25, -0.2) is 0 Å². The molecule has 0 saturated carbocycles. The number of halogens is 1. The molecule has 0 aliphatic rings. The summed E-state index contributed by atoms with van der Waals surface area (Å²) in [5.74, 6) is 0.796. The van der Waals surface area contributed by atoms with Crippen LogP contribution in [0.3, 0.4) is 0 Å². The standard InChI is InChI=1S/C10H13NO2.ClH/c1-11-10(7-12)8-3-5-9(13-2)6-4-8;/h3-7,10-11H,1-2H3;1H/t10-;/m1./s1. The first kappa shape index (κ1) is 12.9. The van der Waals surface area contributed by atoms with Crippen molar-refractivity contribution in [1.82, 2.24) is 5.32 Å². The monoisotopic (exact) mass is 215 g/mol. The summed E-state index contributed by atoms with van der Waals surface area (Å²) in [5, 5.41) is 2.90. The van der Waals surface area contributed by atoms with E-state index in [0.717, 1.165) is 17.6 Å². The number of nitrogens with one attached hydrogen (secondary N) is 1. The van der Waals surface area contributed by atoms with Crippen LogP contribution in [-0.4, -0.2) is 20.4 Å². The van der Waals surface area contributed by atoms with Crippen molar-refractivity contribution in [3.05, 3.63) is 29.8 Å². The second-order valence-electron chi connectivity index (χ2n) is 2.68. The maximum Gasteiger partial charge on any atom is 0.141 e. The van der Waals surface area contributed by atoms with E-state index in [2.05, 4.69) is 5.32 Å². The number of methoxy groups -OCH3 is 1. The van der Waals surface area contributed by atoms with Gasteiger partial charge in [-0.3, -0.25) is 0 Å². The fourth-order valence-electron chi connectivity index (χ4n) is 1.12. The van der Waals surface area contributed by atoms with Crippen LogP contribution in [0.2, 0.25) is 0 Å². The summed E-state index contributed by atoms with van der Waals surface area (Å²) >= 11 is 0. The third-order valence-electron chi connectivity index (χ3n) is 1.92. The van der Waals surface area contributed by atoms with Gasteiger partial charge < -0.3 is 14.8 Å². The largest absolute Gasteiger partial charge is 0.497 e. The lowest BCUT2D eigenvalue weighted by molar-refractivity contribution is -0.109. The molecule has 0 amide bonds. The smallest absolute Gasteiger partial charge is 0.141 e. The highest BCUT2D eigenvalue weighted by atomic mass is 35.5. The Bertz CT molecular complexity index is 274. The highest BCUT2D eigenvalue weighted by molar-refractivity contribution is 5.85. The lowest BCUT2D eigenvalue weighted by Gasteiger charge is -2.09. The minimum atomic E-state index is -0.231. The molecular weight excluding hydrogens is 202 g/mol. The number of carbonyl (C=O) groups excluding carboxylic acids is 1. The molecule has 0 saturated heterocycles. The van der Waals surface area contributed by atoms with Gasteiger partial charge in [-0.2, -0.15) is 0 Å². The van der Waals surface area contributed by atoms with Gasteiger partial charge in [-0.15, -0.1) is 12.4 Å². The Morgan fingerprint density at radius 1 is 1.36 bits per heavy atom. The molecule has 0 aromatic heterocycles. The van der Waals surface area contributed by atoms with E-state index in [0.29, 0.717) is 0 Å². The van der Waals surface area contributed by atoms with E-state index in [1.165, 1.54) is 0 Å². The van der Waals surface area contributed by atoms with Gasteiger partial charge in [0.2, 0.25) is 0 Å². The van der Waals surface area contributed by atoms with Crippen LogP contribution in [-0.2, 0) is 4.79 Å². The molecule has 1 aromatic rings. The van der Waals surface area contributed by atoms with Crippen LogP contribution in [0.25, 0.3) is 0 Å². The predicted octanol–water partition coefficient (Wildman–Crippen LogP) is 1.58. The first-order valence-corrected chi connectivity index (χ1v) is 4.08. The van der Waals surface area contributed by atoms with E-state index in [4.69, 9.17) is 4.74 Å². The van der Waals surface area contributed by atoms with Crippen molar-refractivity contribution >= 4 is 18.7 Å². The molecular formula is C10H14ClNO2. The van der Waals surface area contributed by atoms with E-state index in [1.54, 1.807) is 14.2 Å². The molecule has 1 aromatic carbocycles. The molecule has 1 N–H and O–H groups in total. The number of hydrogen-bond acceptors (Lipinski definition) is 3. The Labute approximate surface area is 89.9 Å². The van der Waals surface area contributed by atoms with Crippen LogP contribution in [0.1, 0.15) is 11.6 Å². The molecule has 0 bridgehead atoms. The third-order valence-corrected chi connectivity index (χ3v) is 1.92. The topological polar surface area (TPSA) is 38.3 Å². The Morgan fingerprint density at radius 3 is 2.29 bits per heavy atom. The van der Waals surface area contributed by atoms with E-state index in [-0.39, 0.29) is 18.4 Å². The molecule has 78 valence electrons. The summed E-state index contributed by atoms with van der Waals surface area (Å²) in [6, 6.07) is 7.18. The molecule has 1 rings (SSSR count). The lowest BCUT2D eigenvalue weighted by atomic mass is 10.1. The number of likely N-dealkylation sites (N-methyl/N-ethyl adjacent to an activating group) is 1. The van der Waals surface area contributed by atoms with Gasteiger partial charge in [0.15, 0.2) is 0 Å². The molecule has 0 spiro atoms. The Morgan fingerprint density at radius 2 is 1.93 bits per heavy atom. The van der Waals surface area contributed by atoms with Gasteiger partial charge in [-0.05, 0) is 24.7 Å². The summed E-state index contributed by atoms with van der Waals surface area (Å²) < 4.78 is 5.01. The molecule has 3 nitrogen and oxygen atoms in total. The van der Waals surface area contributed by atoms with Crippen molar-refractivity contribution < 1.29 is 9.53 Å². The average Bonchev–Trinajstić information content (AvgIpc) is 2.21. The van der Waals surface area contributed by atoms with Gasteiger partial charge in [-0.1, -0.05) is 12.1 Å². The highest BCUT2D eigenvalue weighted by Crippen LogP contribution is 2.15. The maximum atomic E-state index is 10.6. The Kier molecular flexibility index (Phi) is 5.92. The quantitative estimate of drug-likeness (QED) is 0.775. The molecule has 0 aliphatic heterocycles. The van der Waals surface area contributed by atoms with Crippen molar-refractivity contribution in [2.75, 3.05) is 14.2 Å². The van der Waals surface area contributed by atoms with Gasteiger partial charge in [0, 0.05) is 0 Å². The van der Waals surface area contributed by atoms with Crippen molar-refractivity contribution in [3.8, 4) is 5.75 Å². The van der Waals surface area contributed by atoms with Gasteiger partial charge in [0.25, 0.3) is 0 Å². The Hall–Kier alpha value is -1.06. The summed E-state index contributed by atoms with van der Waals surface area (Å²) in [6.45, 7) is 0. The summed E-state index contributed by atoms with van der Waals surface area (Å²) in [5.41, 5.74) is 0.943. The van der Waals surface area contributed by atoms with E-state index in [9.17, 15) is 4.79 Å². The predicted molar refractivity (Wildman–Crippen MR) is 58.1 cm³/mol. The van der Waals surface area contributed by atoms with Crippen molar-refractivity contribution in [1.29, 1.82) is 0 Å². The van der Waals surface area contributed by atoms with E-state index >= 15 is 0 Å². The number of ether oxygens (including phenoxy) is 1. The van der Waals surface area contributed by atoms with Gasteiger partial charge in [0.1, 0.15) is 12.0 Å². The molecule has 0 unspecified atom stereocenters. The van der Waals surface area contributed by atoms with Crippen LogP contribution in [0.15, 0.2) is 24.3 Å². The van der Waals surface area contributed by atoms with Crippen LogP contribution in [0.5, 0.6) is 5.75 Å². The summed E-state index contributed by atoms with van der Waals surface area (Å²) in [7, 11) is 3.37. The number of carbonyl (C=O) groups is 1. The molecule has 0 fully saturated rings. The van der Waals surface area contributed by atoms with E-state index in [1.807, 2.05) is 24.3 Å². The van der Waals surface area contributed by atoms with Crippen LogP contribution in [0, 0.1) is 0 Å². The average molecular weight is 216 g/mol. The maximum absolute atomic E-state index is 10.6. The fourth-order valence-corrected chi connectivity index (χ4v) is 1.12. The SMILES string of the molecule is CN[C@H](C=O)c1ccc(OC)cc1.Cl. The van der Waals surface area contributed by atoms with Gasteiger partial charge >= 0.3 is 0 Å². The fraction of sp³-hybridized carbons (Fsp3) is 0.300. The number of rotatable bonds is 4. The second kappa shape index (κ2) is 6.40. The highest BCUT2D eigenvalue weighted by Gasteiger charge is 2.06. The molecule has 1 atom stereocenters. The first-order chi connectivity index (χ1) is 6.31. The minimum Gasteiger partial charge on any atom is -0.497 e. The summed E-state index contributed by atoms with van der Waals surface area (Å²) in [4.78, 5) is 10.6. The molecule has 0 radical (unpaired) electrons. The van der Waals surface area contributed by atoms with Crippen LogP contribution in [0.4, 0.5) is 0 Å². The second-order valence-corrected chi connectivity index (χ2v) is 2.68. The van der Waals surface area contributed by atoms with E-state index < -0.39 is 0 Å². The lowest BCUT2D eigenvalue weighted by Crippen LogP contribution is -2.17. The summed E-state index contributed by atoms with van der Waals surface area (Å²) in [6.07, 6.45) is 0.877. The van der Waals surface area contributed by atoms with Crippen LogP contribution >= 0.6 is 12.4 Å². The molecule has 0 heterocycles. The van der Waals surface area contributed by atoms with Gasteiger partial charge in [0.05, 0.1) is 13.2 Å². The number of hydrogen-bond donors (Lipinski definition) is 1. The molecule has 0 aliphatic carbocycles. The van der Waals surface area contributed by atoms with Crippen molar-refractivity contribution in [2.24, 2.45) is 0 Å². The molecule has 4 heteroatoms. The van der Waals surface area contributed by atoms with Crippen LogP contribution < -0.4 is 10.1 Å². The zero-order valence-corrected chi connectivity index (χ0v) is 9.01. The number of benzene rings is 1.